The number of hydrogen-bond donors (Lipinski definition) is 1. The van der Waals surface area contributed by atoms with E-state index in [0.29, 0.717) is 0 Å². The van der Waals surface area contributed by atoms with Gasteiger partial charge in [-0.25, -0.2) is 9.97 Å². The van der Waals surface area contributed by atoms with Gasteiger partial charge in [-0.3, -0.25) is 4.79 Å². The summed E-state index contributed by atoms with van der Waals surface area (Å²) in [5.74, 6) is -0.221. The van der Waals surface area contributed by atoms with Crippen molar-refractivity contribution in [3.63, 3.8) is 0 Å². The van der Waals surface area contributed by atoms with E-state index in [1.807, 2.05) is 23.7 Å². The molecule has 1 aromatic carbocycles. The summed E-state index contributed by atoms with van der Waals surface area (Å²) in [6.07, 6.45) is 6.79. The Balaban J connectivity index is 2.06. The van der Waals surface area contributed by atoms with Gasteiger partial charge in [0.05, 0.1) is 11.7 Å². The molecule has 0 spiro atoms. The van der Waals surface area contributed by atoms with Crippen LogP contribution < -0.4 is 5.32 Å². The molecule has 1 unspecified atom stereocenters. The summed E-state index contributed by atoms with van der Waals surface area (Å²) in [6, 6.07) is 8.18. The minimum atomic E-state index is -0.236. The molecule has 0 saturated carbocycles. The molecule has 5 nitrogen and oxygen atoms in total. The maximum atomic E-state index is 11.6. The molecule has 0 aliphatic carbocycles. The number of aromatic nitrogens is 3. The molecule has 0 aliphatic rings. The molecule has 0 fully saturated rings. The predicted octanol–water partition coefficient (Wildman–Crippen LogP) is 4.06. The smallest absolute Gasteiger partial charge is 0.243 e. The van der Waals surface area contributed by atoms with E-state index in [-0.39, 0.29) is 17.4 Å². The van der Waals surface area contributed by atoms with E-state index in [1.54, 1.807) is 6.20 Å². The number of fused-ring (bicyclic) bond motifs is 1. The summed E-state index contributed by atoms with van der Waals surface area (Å²) in [6.45, 7) is 12.0. The number of hydrogen-bond acceptors (Lipinski definition) is 3. The Morgan fingerprint density at radius 1 is 1.27 bits per heavy atom. The van der Waals surface area contributed by atoms with Crippen LogP contribution in [0.5, 0.6) is 0 Å². The molecule has 26 heavy (non-hydrogen) atoms. The number of rotatable bonds is 4. The van der Waals surface area contributed by atoms with Gasteiger partial charge >= 0.3 is 0 Å². The van der Waals surface area contributed by atoms with Crippen LogP contribution in [-0.4, -0.2) is 20.3 Å². The van der Waals surface area contributed by atoms with E-state index in [9.17, 15) is 4.79 Å². The molecule has 3 aromatic rings. The third kappa shape index (κ3) is 3.52. The average Bonchev–Trinajstić information content (AvgIpc) is 3.08. The zero-order chi connectivity index (χ0) is 18.9. The van der Waals surface area contributed by atoms with Crippen molar-refractivity contribution in [2.24, 2.45) is 0 Å². The summed E-state index contributed by atoms with van der Waals surface area (Å²) in [7, 11) is 0. The number of amides is 1. The average molecular weight is 348 g/mol. The van der Waals surface area contributed by atoms with Crippen molar-refractivity contribution in [2.45, 2.75) is 39.2 Å². The number of imidazole rings is 1. The maximum Gasteiger partial charge on any atom is 0.243 e. The molecular formula is C21H24N4O. The number of benzene rings is 1. The van der Waals surface area contributed by atoms with Gasteiger partial charge in [0, 0.05) is 24.2 Å². The van der Waals surface area contributed by atoms with Crippen LogP contribution in [0.2, 0.25) is 0 Å². The van der Waals surface area contributed by atoms with Crippen molar-refractivity contribution in [3.05, 3.63) is 66.8 Å². The molecule has 1 amide bonds. The van der Waals surface area contributed by atoms with Gasteiger partial charge in [0.25, 0.3) is 0 Å². The predicted molar refractivity (Wildman–Crippen MR) is 104 cm³/mol. The lowest BCUT2D eigenvalue weighted by Crippen LogP contribution is -2.25. The van der Waals surface area contributed by atoms with E-state index in [4.69, 9.17) is 4.98 Å². The quantitative estimate of drug-likeness (QED) is 0.724. The molecule has 2 heterocycles. The van der Waals surface area contributed by atoms with Gasteiger partial charge in [-0.2, -0.15) is 0 Å². The van der Waals surface area contributed by atoms with Crippen LogP contribution in [0.4, 0.5) is 0 Å². The minimum Gasteiger partial charge on any atom is -0.344 e. The Labute approximate surface area is 153 Å². The maximum absolute atomic E-state index is 11.6. The standard InChI is InChI=1S/C21H24N4O/c1-6-18(26)23-14(2)17-13-25-12-11-22-20(25)19(24-17)15-7-9-16(10-8-15)21(3,4)5/h6-14H,1H2,2-5H3,(H,23,26). The first-order valence-corrected chi connectivity index (χ1v) is 8.67. The largest absolute Gasteiger partial charge is 0.344 e. The van der Waals surface area contributed by atoms with Crippen molar-refractivity contribution < 1.29 is 4.79 Å². The first kappa shape index (κ1) is 17.9. The van der Waals surface area contributed by atoms with Crippen LogP contribution in [0.3, 0.4) is 0 Å². The Morgan fingerprint density at radius 2 is 1.96 bits per heavy atom. The SMILES string of the molecule is C=CC(=O)NC(C)c1cn2ccnc2c(-c2ccc(C(C)(C)C)cc2)n1. The molecule has 0 aliphatic heterocycles. The second kappa shape index (κ2) is 6.75. The summed E-state index contributed by atoms with van der Waals surface area (Å²) < 4.78 is 1.94. The number of nitrogens with one attached hydrogen (secondary N) is 1. The van der Waals surface area contributed by atoms with Crippen molar-refractivity contribution >= 4 is 11.6 Å². The van der Waals surface area contributed by atoms with Gasteiger partial charge in [0.1, 0.15) is 5.69 Å². The van der Waals surface area contributed by atoms with E-state index >= 15 is 0 Å². The molecule has 0 saturated heterocycles. The minimum absolute atomic E-state index is 0.0971. The van der Waals surface area contributed by atoms with Gasteiger partial charge in [-0.05, 0) is 24.0 Å². The van der Waals surface area contributed by atoms with Gasteiger partial charge in [-0.15, -0.1) is 0 Å². The molecule has 134 valence electrons. The van der Waals surface area contributed by atoms with E-state index in [1.165, 1.54) is 11.6 Å². The topological polar surface area (TPSA) is 59.3 Å². The Bertz CT molecular complexity index is 948. The van der Waals surface area contributed by atoms with Crippen LogP contribution >= 0.6 is 0 Å². The normalized spacial score (nSPS) is 12.8. The molecule has 0 radical (unpaired) electrons. The summed E-state index contributed by atoms with van der Waals surface area (Å²) in [5, 5.41) is 2.86. The van der Waals surface area contributed by atoms with Crippen molar-refractivity contribution in [1.29, 1.82) is 0 Å². The Hall–Kier alpha value is -2.95. The van der Waals surface area contributed by atoms with Crippen LogP contribution in [0.15, 0.2) is 55.5 Å². The van der Waals surface area contributed by atoms with Crippen LogP contribution in [0.1, 0.15) is 45.0 Å². The third-order valence-corrected chi connectivity index (χ3v) is 4.40. The fourth-order valence-corrected chi connectivity index (χ4v) is 2.83. The fourth-order valence-electron chi connectivity index (χ4n) is 2.83. The first-order chi connectivity index (χ1) is 12.3. The van der Waals surface area contributed by atoms with Gasteiger partial charge in [0.15, 0.2) is 5.65 Å². The number of carbonyl (C=O) groups excluding carboxylic acids is 1. The molecular weight excluding hydrogens is 324 g/mol. The van der Waals surface area contributed by atoms with Gasteiger partial charge in [0.2, 0.25) is 5.91 Å². The molecule has 1 atom stereocenters. The Morgan fingerprint density at radius 3 is 2.58 bits per heavy atom. The van der Waals surface area contributed by atoms with Crippen LogP contribution in [-0.2, 0) is 10.2 Å². The highest BCUT2D eigenvalue weighted by Gasteiger charge is 2.17. The van der Waals surface area contributed by atoms with Crippen molar-refractivity contribution in [3.8, 4) is 11.3 Å². The number of carbonyl (C=O) groups is 1. The first-order valence-electron chi connectivity index (χ1n) is 8.67. The van der Waals surface area contributed by atoms with E-state index in [2.05, 4.69) is 61.9 Å². The van der Waals surface area contributed by atoms with E-state index < -0.39 is 0 Å². The Kier molecular flexibility index (Phi) is 4.64. The van der Waals surface area contributed by atoms with Gasteiger partial charge < -0.3 is 9.72 Å². The highest BCUT2D eigenvalue weighted by molar-refractivity contribution is 5.87. The number of nitrogens with zero attached hydrogens (tertiary/aromatic N) is 3. The van der Waals surface area contributed by atoms with Crippen molar-refractivity contribution in [1.82, 2.24) is 19.7 Å². The molecule has 1 N–H and O–H groups in total. The summed E-state index contributed by atoms with van der Waals surface area (Å²) in [5.41, 5.74) is 4.72. The second-order valence-electron chi connectivity index (χ2n) is 7.43. The van der Waals surface area contributed by atoms with Crippen LogP contribution in [0, 0.1) is 0 Å². The molecule has 2 aromatic heterocycles. The molecule has 0 bridgehead atoms. The highest BCUT2D eigenvalue weighted by Crippen LogP contribution is 2.28. The summed E-state index contributed by atoms with van der Waals surface area (Å²) in [4.78, 5) is 20.9. The van der Waals surface area contributed by atoms with Crippen molar-refractivity contribution in [2.75, 3.05) is 0 Å². The molecule has 5 heteroatoms. The highest BCUT2D eigenvalue weighted by atomic mass is 16.1. The fraction of sp³-hybridized carbons (Fsp3) is 0.286. The zero-order valence-electron chi connectivity index (χ0n) is 15.7. The van der Waals surface area contributed by atoms with Gasteiger partial charge in [-0.1, -0.05) is 51.6 Å². The van der Waals surface area contributed by atoms with Crippen LogP contribution in [0.25, 0.3) is 16.9 Å². The lowest BCUT2D eigenvalue weighted by atomic mass is 9.86. The molecule has 3 rings (SSSR count). The lowest BCUT2D eigenvalue weighted by Gasteiger charge is -2.19. The summed E-state index contributed by atoms with van der Waals surface area (Å²) >= 11 is 0. The third-order valence-electron chi connectivity index (χ3n) is 4.40. The lowest BCUT2D eigenvalue weighted by molar-refractivity contribution is -0.117. The monoisotopic (exact) mass is 348 g/mol. The zero-order valence-corrected chi connectivity index (χ0v) is 15.7. The van der Waals surface area contributed by atoms with E-state index in [0.717, 1.165) is 22.6 Å². The second-order valence-corrected chi connectivity index (χ2v) is 7.43.